The third-order valence-electron chi connectivity index (χ3n) is 6.62. The van der Waals surface area contributed by atoms with Gasteiger partial charge in [0.1, 0.15) is 0 Å². The Bertz CT molecular complexity index is 1250. The lowest BCUT2D eigenvalue weighted by molar-refractivity contribution is -0.181. The summed E-state index contributed by atoms with van der Waals surface area (Å²) in [7, 11) is 0. The molecular weight excluding hydrogens is 388 g/mol. The normalized spacial score (nSPS) is 18.3. The molecule has 1 saturated carbocycles. The van der Waals surface area contributed by atoms with Crippen LogP contribution in [-0.4, -0.2) is 23.6 Å². The Morgan fingerprint density at radius 2 is 1.77 bits per heavy atom. The van der Waals surface area contributed by atoms with Crippen molar-refractivity contribution in [2.24, 2.45) is 0 Å². The monoisotopic (exact) mass is 412 g/mol. The smallest absolute Gasteiger partial charge is 0.168 e. The lowest BCUT2D eigenvalue weighted by atomic mass is 9.89. The Labute approximate surface area is 181 Å². The Morgan fingerprint density at radius 3 is 2.45 bits per heavy atom. The van der Waals surface area contributed by atoms with Gasteiger partial charge in [-0.1, -0.05) is 0 Å². The van der Waals surface area contributed by atoms with Crippen molar-refractivity contribution in [3.8, 4) is 23.3 Å². The zero-order chi connectivity index (χ0) is 21.6. The van der Waals surface area contributed by atoms with Crippen LogP contribution in [0.4, 0.5) is 5.69 Å². The van der Waals surface area contributed by atoms with Crippen LogP contribution in [0, 0.1) is 29.6 Å². The van der Waals surface area contributed by atoms with Crippen molar-refractivity contribution in [2.75, 3.05) is 18.9 Å². The molecule has 0 atom stereocenters. The van der Waals surface area contributed by atoms with E-state index >= 15 is 0 Å². The maximum Gasteiger partial charge on any atom is 0.168 e. The first kappa shape index (κ1) is 19.6. The molecule has 0 unspecified atom stereocenters. The number of anilines is 1. The quantitative estimate of drug-likeness (QED) is 0.610. The summed E-state index contributed by atoms with van der Waals surface area (Å²) in [6.07, 6.45) is 5.82. The molecule has 156 valence electrons. The molecule has 2 N–H and O–H groups in total. The summed E-state index contributed by atoms with van der Waals surface area (Å²) in [5, 5.41) is 20.0. The lowest BCUT2D eigenvalue weighted by Gasteiger charge is -2.36. The molecular formula is C25H24N4O2. The Hall–Kier alpha value is -3.32. The van der Waals surface area contributed by atoms with Crippen molar-refractivity contribution in [1.29, 1.82) is 10.5 Å². The van der Waals surface area contributed by atoms with E-state index in [1.54, 1.807) is 6.07 Å². The maximum absolute atomic E-state index is 9.59. The molecule has 1 spiro atoms. The summed E-state index contributed by atoms with van der Waals surface area (Å²) in [4.78, 5) is 0. The average molecular weight is 412 g/mol. The van der Waals surface area contributed by atoms with E-state index in [9.17, 15) is 10.5 Å². The van der Waals surface area contributed by atoms with Crippen LogP contribution in [0.15, 0.2) is 36.5 Å². The van der Waals surface area contributed by atoms with Crippen LogP contribution in [-0.2, 0) is 9.47 Å². The number of ether oxygens (including phenoxy) is 2. The summed E-state index contributed by atoms with van der Waals surface area (Å²) in [5.41, 5.74) is 11.8. The van der Waals surface area contributed by atoms with Gasteiger partial charge in [-0.25, -0.2) is 0 Å². The van der Waals surface area contributed by atoms with Crippen LogP contribution < -0.4 is 5.73 Å². The molecule has 0 radical (unpaired) electrons. The highest BCUT2D eigenvalue weighted by atomic mass is 16.7. The molecule has 1 aromatic heterocycles. The van der Waals surface area contributed by atoms with Gasteiger partial charge in [0.05, 0.1) is 36.5 Å². The maximum atomic E-state index is 9.59. The van der Waals surface area contributed by atoms with Crippen molar-refractivity contribution in [2.45, 2.75) is 44.4 Å². The van der Waals surface area contributed by atoms with Crippen molar-refractivity contribution in [3.05, 3.63) is 53.2 Å². The first-order chi connectivity index (χ1) is 15.0. The fourth-order valence-electron chi connectivity index (χ4n) is 5.03. The molecule has 5 rings (SSSR count). The molecule has 0 amide bonds. The highest BCUT2D eigenvalue weighted by Crippen LogP contribution is 2.43. The predicted molar refractivity (Wildman–Crippen MR) is 118 cm³/mol. The predicted octanol–water partition coefficient (Wildman–Crippen LogP) is 4.80. The van der Waals surface area contributed by atoms with E-state index in [1.165, 1.54) is 0 Å². The van der Waals surface area contributed by atoms with E-state index in [0.717, 1.165) is 53.3 Å². The van der Waals surface area contributed by atoms with Gasteiger partial charge in [0, 0.05) is 47.2 Å². The molecule has 2 aromatic carbocycles. The van der Waals surface area contributed by atoms with E-state index in [-0.39, 0.29) is 0 Å². The Balaban J connectivity index is 1.63. The van der Waals surface area contributed by atoms with Gasteiger partial charge in [0.15, 0.2) is 5.79 Å². The zero-order valence-corrected chi connectivity index (χ0v) is 17.5. The van der Waals surface area contributed by atoms with Gasteiger partial charge in [-0.15, -0.1) is 0 Å². The largest absolute Gasteiger partial charge is 0.399 e. The van der Waals surface area contributed by atoms with E-state index in [2.05, 4.69) is 29.0 Å². The lowest BCUT2D eigenvalue weighted by Crippen LogP contribution is -2.35. The van der Waals surface area contributed by atoms with E-state index in [4.69, 9.17) is 15.2 Å². The Morgan fingerprint density at radius 1 is 1.03 bits per heavy atom. The molecule has 2 aliphatic rings. The second kappa shape index (κ2) is 7.42. The molecule has 3 aromatic rings. The number of rotatable bonds is 2. The number of nitrogen functional groups attached to an aromatic ring is 1. The number of benzene rings is 2. The third-order valence-corrected chi connectivity index (χ3v) is 6.62. The van der Waals surface area contributed by atoms with Gasteiger partial charge in [0.25, 0.3) is 0 Å². The SMILES string of the molecule is Cc1cc2c(cc1C#N)c(-c1cc(N)cc(C#N)c1)cn2C1CCC2(CC1)OCCO2. The van der Waals surface area contributed by atoms with Crippen LogP contribution in [0.25, 0.3) is 22.0 Å². The molecule has 1 saturated heterocycles. The van der Waals surface area contributed by atoms with Crippen LogP contribution in [0.1, 0.15) is 48.4 Å². The number of hydrogen-bond acceptors (Lipinski definition) is 5. The number of hydrogen-bond donors (Lipinski definition) is 1. The minimum Gasteiger partial charge on any atom is -0.399 e. The fraction of sp³-hybridized carbons (Fsp3) is 0.360. The van der Waals surface area contributed by atoms with Gasteiger partial charge in [-0.05, 0) is 61.2 Å². The minimum absolute atomic E-state index is 0.318. The van der Waals surface area contributed by atoms with Gasteiger partial charge < -0.3 is 19.8 Å². The number of aromatic nitrogens is 1. The van der Waals surface area contributed by atoms with Crippen molar-refractivity contribution in [1.82, 2.24) is 4.57 Å². The van der Waals surface area contributed by atoms with E-state index < -0.39 is 5.79 Å². The van der Waals surface area contributed by atoms with Crippen molar-refractivity contribution < 1.29 is 9.47 Å². The molecule has 2 fully saturated rings. The first-order valence-electron chi connectivity index (χ1n) is 10.7. The number of nitrogens with two attached hydrogens (primary N) is 1. The minimum atomic E-state index is -0.401. The zero-order valence-electron chi connectivity index (χ0n) is 17.5. The number of aryl methyl sites for hydroxylation is 1. The molecule has 1 aliphatic heterocycles. The topological polar surface area (TPSA) is 97.0 Å². The van der Waals surface area contributed by atoms with Gasteiger partial charge in [-0.2, -0.15) is 10.5 Å². The van der Waals surface area contributed by atoms with Crippen LogP contribution >= 0.6 is 0 Å². The summed E-state index contributed by atoms with van der Waals surface area (Å²) >= 11 is 0. The second-order valence-corrected chi connectivity index (χ2v) is 8.54. The van der Waals surface area contributed by atoms with Crippen LogP contribution in [0.5, 0.6) is 0 Å². The van der Waals surface area contributed by atoms with Gasteiger partial charge in [-0.3, -0.25) is 0 Å². The second-order valence-electron chi connectivity index (χ2n) is 8.54. The third kappa shape index (κ3) is 3.35. The summed E-state index contributed by atoms with van der Waals surface area (Å²) in [5.74, 6) is -0.401. The van der Waals surface area contributed by atoms with Crippen LogP contribution in [0.2, 0.25) is 0 Å². The average Bonchev–Trinajstić information content (AvgIpc) is 3.38. The molecule has 1 aliphatic carbocycles. The van der Waals surface area contributed by atoms with E-state index in [1.807, 2.05) is 25.1 Å². The number of fused-ring (bicyclic) bond motifs is 1. The molecule has 31 heavy (non-hydrogen) atoms. The van der Waals surface area contributed by atoms with E-state index in [0.29, 0.717) is 36.1 Å². The molecule has 6 nitrogen and oxygen atoms in total. The number of nitrogens with zero attached hydrogens (tertiary/aromatic N) is 3. The highest BCUT2D eigenvalue weighted by Gasteiger charge is 2.41. The van der Waals surface area contributed by atoms with Crippen LogP contribution in [0.3, 0.4) is 0 Å². The van der Waals surface area contributed by atoms with Crippen molar-refractivity contribution in [3.63, 3.8) is 0 Å². The van der Waals surface area contributed by atoms with Gasteiger partial charge in [0.2, 0.25) is 0 Å². The molecule has 2 heterocycles. The number of nitriles is 2. The molecule has 6 heteroatoms. The fourth-order valence-corrected chi connectivity index (χ4v) is 5.03. The standard InChI is InChI=1S/C25H24N4O2/c1-16-8-24-22(12-19(16)14-27)23(18-9-17(13-26)10-20(28)11-18)15-29(24)21-2-4-25(5-3-21)30-6-7-31-25/h8-12,15,21H,2-7,28H2,1H3. The summed E-state index contributed by atoms with van der Waals surface area (Å²) in [6, 6.07) is 14.3. The summed E-state index contributed by atoms with van der Waals surface area (Å²) < 4.78 is 14.1. The molecule has 0 bridgehead atoms. The van der Waals surface area contributed by atoms with Gasteiger partial charge >= 0.3 is 0 Å². The first-order valence-corrected chi connectivity index (χ1v) is 10.7. The van der Waals surface area contributed by atoms with Crippen molar-refractivity contribution >= 4 is 16.6 Å². The highest BCUT2D eigenvalue weighted by molar-refractivity contribution is 5.98. The summed E-state index contributed by atoms with van der Waals surface area (Å²) in [6.45, 7) is 3.32. The Kier molecular flexibility index (Phi) is 4.70.